The molecular weight excluding hydrogens is 264 g/mol. The molecule has 0 spiro atoms. The molecule has 0 amide bonds. The molecule has 2 aromatic carbocycles. The minimum absolute atomic E-state index is 0.0618. The van der Waals surface area contributed by atoms with Crippen LogP contribution in [0.25, 0.3) is 0 Å². The first-order valence-electron chi connectivity index (χ1n) is 6.74. The van der Waals surface area contributed by atoms with E-state index in [-0.39, 0.29) is 33.9 Å². The normalized spacial score (nSPS) is 11.4. The van der Waals surface area contributed by atoms with Gasteiger partial charge >= 0.3 is 0 Å². The molecule has 0 saturated carbocycles. The summed E-state index contributed by atoms with van der Waals surface area (Å²) < 4.78 is 0. The number of phenols is 1. The van der Waals surface area contributed by atoms with Crippen LogP contribution in [0.15, 0.2) is 36.4 Å². The van der Waals surface area contributed by atoms with Crippen LogP contribution in [0.1, 0.15) is 42.3 Å². The molecule has 0 aliphatic heterocycles. The lowest BCUT2D eigenvalue weighted by atomic mass is 9.81. The van der Waals surface area contributed by atoms with E-state index in [0.717, 1.165) is 5.56 Å². The highest BCUT2D eigenvalue weighted by Crippen LogP contribution is 2.34. The zero-order valence-corrected chi connectivity index (χ0v) is 12.5. The Labute approximate surface area is 124 Å². The van der Waals surface area contributed by atoms with Gasteiger partial charge in [-0.15, -0.1) is 0 Å². The Morgan fingerprint density at radius 1 is 1.05 bits per heavy atom. The van der Waals surface area contributed by atoms with E-state index in [1.54, 1.807) is 12.1 Å². The number of ketones is 1. The minimum atomic E-state index is -0.317. The third kappa shape index (κ3) is 2.70. The molecule has 0 aromatic heterocycles. The number of aromatic hydroxyl groups is 1. The molecule has 21 heavy (non-hydrogen) atoms. The maximum absolute atomic E-state index is 12.8. The van der Waals surface area contributed by atoms with Gasteiger partial charge in [0.15, 0.2) is 5.78 Å². The predicted octanol–water partition coefficient (Wildman–Crippen LogP) is 3.09. The van der Waals surface area contributed by atoms with Gasteiger partial charge in [-0.1, -0.05) is 45.0 Å². The lowest BCUT2D eigenvalue weighted by molar-refractivity contribution is 0.103. The van der Waals surface area contributed by atoms with Gasteiger partial charge < -0.3 is 16.6 Å². The maximum atomic E-state index is 12.8. The number of hydrogen-bond acceptors (Lipinski definition) is 4. The quantitative estimate of drug-likeness (QED) is 0.449. The molecule has 0 saturated heterocycles. The van der Waals surface area contributed by atoms with Gasteiger partial charge in [-0.2, -0.15) is 0 Å². The molecule has 110 valence electrons. The molecule has 5 N–H and O–H groups in total. The molecule has 0 unspecified atom stereocenters. The van der Waals surface area contributed by atoms with Crippen molar-refractivity contribution in [2.45, 2.75) is 26.2 Å². The zero-order valence-electron chi connectivity index (χ0n) is 12.5. The summed E-state index contributed by atoms with van der Waals surface area (Å²) in [5.41, 5.74) is 13.3. The van der Waals surface area contributed by atoms with Gasteiger partial charge in [-0.05, 0) is 23.1 Å². The average molecular weight is 284 g/mol. The molecule has 4 nitrogen and oxygen atoms in total. The Morgan fingerprint density at radius 2 is 1.67 bits per heavy atom. The molecule has 0 atom stereocenters. The Balaban J connectivity index is 2.65. The third-order valence-electron chi connectivity index (χ3n) is 3.46. The number of nitrogens with two attached hydrogens (primary N) is 2. The van der Waals surface area contributed by atoms with Crippen molar-refractivity contribution in [1.29, 1.82) is 0 Å². The molecule has 2 aromatic rings. The highest BCUT2D eigenvalue weighted by Gasteiger charge is 2.25. The van der Waals surface area contributed by atoms with Crippen molar-refractivity contribution in [1.82, 2.24) is 0 Å². The highest BCUT2D eigenvalue weighted by molar-refractivity contribution is 6.16. The van der Waals surface area contributed by atoms with Gasteiger partial charge in [0.2, 0.25) is 0 Å². The van der Waals surface area contributed by atoms with Crippen LogP contribution in [0.3, 0.4) is 0 Å². The van der Waals surface area contributed by atoms with Crippen molar-refractivity contribution < 1.29 is 9.90 Å². The summed E-state index contributed by atoms with van der Waals surface area (Å²) in [5, 5.41) is 9.98. The first-order valence-corrected chi connectivity index (χ1v) is 6.74. The molecule has 0 aliphatic carbocycles. The standard InChI is InChI=1S/C17H20N2O2/c1-17(2,3)11-7-5-4-6-10(11)16(21)14-13(20)9-8-12(18)15(14)19/h4-9,20H,18-19H2,1-3H3. The van der Waals surface area contributed by atoms with Crippen LogP contribution in [0.5, 0.6) is 5.75 Å². The number of phenolic OH excluding ortho intramolecular Hbond substituents is 1. The number of anilines is 2. The Morgan fingerprint density at radius 3 is 2.29 bits per heavy atom. The molecule has 0 heterocycles. The van der Waals surface area contributed by atoms with Crippen molar-refractivity contribution >= 4 is 17.2 Å². The Bertz CT molecular complexity index is 700. The van der Waals surface area contributed by atoms with E-state index in [1.165, 1.54) is 12.1 Å². The van der Waals surface area contributed by atoms with Crippen LogP contribution in [0.4, 0.5) is 11.4 Å². The van der Waals surface area contributed by atoms with E-state index in [1.807, 2.05) is 32.9 Å². The summed E-state index contributed by atoms with van der Waals surface area (Å²) in [6.45, 7) is 6.09. The van der Waals surface area contributed by atoms with E-state index in [2.05, 4.69) is 0 Å². The van der Waals surface area contributed by atoms with Gasteiger partial charge in [0.1, 0.15) is 5.75 Å². The van der Waals surface area contributed by atoms with Crippen LogP contribution in [-0.4, -0.2) is 10.9 Å². The number of rotatable bonds is 2. The fraction of sp³-hybridized carbons (Fsp3) is 0.235. The third-order valence-corrected chi connectivity index (χ3v) is 3.46. The average Bonchev–Trinajstić information content (AvgIpc) is 2.42. The second-order valence-corrected chi connectivity index (χ2v) is 6.09. The topological polar surface area (TPSA) is 89.3 Å². The van der Waals surface area contributed by atoms with E-state index < -0.39 is 0 Å². The maximum Gasteiger partial charge on any atom is 0.199 e. The van der Waals surface area contributed by atoms with Crippen molar-refractivity contribution in [3.05, 3.63) is 53.1 Å². The van der Waals surface area contributed by atoms with Crippen molar-refractivity contribution in [3.8, 4) is 5.75 Å². The van der Waals surface area contributed by atoms with Crippen molar-refractivity contribution in [2.75, 3.05) is 11.5 Å². The fourth-order valence-corrected chi connectivity index (χ4v) is 2.33. The monoisotopic (exact) mass is 284 g/mol. The first kappa shape index (κ1) is 14.9. The van der Waals surface area contributed by atoms with Crippen LogP contribution in [-0.2, 0) is 5.41 Å². The number of hydrogen-bond donors (Lipinski definition) is 3. The molecule has 2 rings (SSSR count). The minimum Gasteiger partial charge on any atom is -0.507 e. The summed E-state index contributed by atoms with van der Waals surface area (Å²) in [4.78, 5) is 12.8. The van der Waals surface area contributed by atoms with Gasteiger partial charge in [-0.3, -0.25) is 4.79 Å². The zero-order chi connectivity index (χ0) is 15.8. The van der Waals surface area contributed by atoms with Crippen LogP contribution in [0, 0.1) is 0 Å². The van der Waals surface area contributed by atoms with E-state index in [9.17, 15) is 9.90 Å². The fourth-order valence-electron chi connectivity index (χ4n) is 2.33. The number of carbonyl (C=O) groups is 1. The largest absolute Gasteiger partial charge is 0.507 e. The van der Waals surface area contributed by atoms with Crippen molar-refractivity contribution in [2.24, 2.45) is 0 Å². The summed E-state index contributed by atoms with van der Waals surface area (Å²) in [6, 6.07) is 10.2. The molecule has 0 bridgehead atoms. The van der Waals surface area contributed by atoms with Gasteiger partial charge in [-0.25, -0.2) is 0 Å². The Hall–Kier alpha value is -2.49. The SMILES string of the molecule is CC(C)(C)c1ccccc1C(=O)c1c(O)ccc(N)c1N. The van der Waals surface area contributed by atoms with Gasteiger partial charge in [0.05, 0.1) is 16.9 Å². The van der Waals surface area contributed by atoms with Gasteiger partial charge in [0, 0.05) is 5.56 Å². The number of nitrogen functional groups attached to an aromatic ring is 2. The van der Waals surface area contributed by atoms with E-state index >= 15 is 0 Å². The Kier molecular flexibility index (Phi) is 3.64. The van der Waals surface area contributed by atoms with Gasteiger partial charge in [0.25, 0.3) is 0 Å². The second-order valence-electron chi connectivity index (χ2n) is 6.09. The number of carbonyl (C=O) groups excluding carboxylic acids is 1. The first-order chi connectivity index (χ1) is 9.73. The van der Waals surface area contributed by atoms with Crippen LogP contribution < -0.4 is 11.5 Å². The molecule has 0 aliphatic rings. The van der Waals surface area contributed by atoms with Crippen LogP contribution in [0.2, 0.25) is 0 Å². The van der Waals surface area contributed by atoms with E-state index in [4.69, 9.17) is 11.5 Å². The summed E-state index contributed by atoms with van der Waals surface area (Å²) in [5.74, 6) is -0.474. The summed E-state index contributed by atoms with van der Waals surface area (Å²) in [7, 11) is 0. The van der Waals surface area contributed by atoms with E-state index in [0.29, 0.717) is 5.56 Å². The number of benzene rings is 2. The summed E-state index contributed by atoms with van der Waals surface area (Å²) in [6.07, 6.45) is 0. The molecule has 4 heteroatoms. The molecular formula is C17H20N2O2. The predicted molar refractivity (Wildman–Crippen MR) is 85.5 cm³/mol. The lowest BCUT2D eigenvalue weighted by Gasteiger charge is -2.22. The molecule has 0 fully saturated rings. The van der Waals surface area contributed by atoms with Crippen molar-refractivity contribution in [3.63, 3.8) is 0 Å². The smallest absolute Gasteiger partial charge is 0.199 e. The lowest BCUT2D eigenvalue weighted by Crippen LogP contribution is -2.18. The molecule has 0 radical (unpaired) electrons. The summed E-state index contributed by atoms with van der Waals surface area (Å²) >= 11 is 0. The highest BCUT2D eigenvalue weighted by atomic mass is 16.3. The van der Waals surface area contributed by atoms with Crippen LogP contribution >= 0.6 is 0 Å². The second kappa shape index (κ2) is 5.13.